The number of aryl methyl sites for hydroxylation is 1. The molecule has 5 rings (SSSR count). The van der Waals surface area contributed by atoms with Crippen molar-refractivity contribution in [3.8, 4) is 5.75 Å². The minimum atomic E-state index is -1.59. The van der Waals surface area contributed by atoms with Crippen LogP contribution in [0.2, 0.25) is 5.02 Å². The molecule has 4 heterocycles. The van der Waals surface area contributed by atoms with Gasteiger partial charge in [-0.1, -0.05) is 11.6 Å². The zero-order chi connectivity index (χ0) is 23.2. The quantitative estimate of drug-likeness (QED) is 0.589. The standard InChI is InChI=1S/C23H26ClFN6O2/c1-23(25)12-27-18-15-10-14(6-7-17(15)30(2)21(32)19(18)33-13-23)28-20-16(24)11-26-22(29-20)31-8-4-3-5-9-31/h6-7,10-11,27H,3-5,8-9,12-13H2,1-2H3,(H,26,28,29). The molecule has 8 nitrogen and oxygen atoms in total. The Labute approximate surface area is 195 Å². The maximum Gasteiger partial charge on any atom is 0.295 e. The van der Waals surface area contributed by atoms with E-state index in [2.05, 4.69) is 25.5 Å². The number of rotatable bonds is 3. The lowest BCUT2D eigenvalue weighted by Gasteiger charge is -2.27. The number of hydrogen-bond donors (Lipinski definition) is 2. The Bertz CT molecular complexity index is 1270. The number of halogens is 2. The van der Waals surface area contributed by atoms with Gasteiger partial charge in [0.15, 0.2) is 11.5 Å². The molecule has 2 N–H and O–H groups in total. The molecule has 1 atom stereocenters. The van der Waals surface area contributed by atoms with Crippen molar-refractivity contribution in [1.82, 2.24) is 14.5 Å². The first-order chi connectivity index (χ1) is 15.8. The average molecular weight is 473 g/mol. The Hall–Kier alpha value is -3.07. The Morgan fingerprint density at radius 1 is 1.27 bits per heavy atom. The van der Waals surface area contributed by atoms with E-state index >= 15 is 0 Å². The summed E-state index contributed by atoms with van der Waals surface area (Å²) < 4.78 is 21.7. The van der Waals surface area contributed by atoms with Crippen LogP contribution in [0.15, 0.2) is 29.2 Å². The fourth-order valence-electron chi connectivity index (χ4n) is 4.28. The zero-order valence-electron chi connectivity index (χ0n) is 18.6. The van der Waals surface area contributed by atoms with E-state index in [9.17, 15) is 9.18 Å². The van der Waals surface area contributed by atoms with Crippen LogP contribution in [0.25, 0.3) is 10.9 Å². The van der Waals surface area contributed by atoms with Crippen LogP contribution in [0, 0.1) is 0 Å². The molecule has 174 valence electrons. The van der Waals surface area contributed by atoms with Crippen LogP contribution in [0.3, 0.4) is 0 Å². The molecule has 2 aromatic heterocycles. The molecule has 0 radical (unpaired) electrons. The normalized spacial score (nSPS) is 20.5. The number of aromatic nitrogens is 3. The molecule has 0 spiro atoms. The van der Waals surface area contributed by atoms with Crippen molar-refractivity contribution in [1.29, 1.82) is 0 Å². The minimum absolute atomic E-state index is 0.0385. The third kappa shape index (κ3) is 4.17. The van der Waals surface area contributed by atoms with E-state index in [1.165, 1.54) is 17.9 Å². The summed E-state index contributed by atoms with van der Waals surface area (Å²) in [7, 11) is 1.67. The van der Waals surface area contributed by atoms with Crippen LogP contribution in [-0.4, -0.2) is 46.4 Å². The molecule has 0 saturated carbocycles. The largest absolute Gasteiger partial charge is 0.483 e. The maximum absolute atomic E-state index is 14.6. The van der Waals surface area contributed by atoms with E-state index in [4.69, 9.17) is 16.3 Å². The lowest BCUT2D eigenvalue weighted by molar-refractivity contribution is 0.119. The highest BCUT2D eigenvalue weighted by molar-refractivity contribution is 6.32. The van der Waals surface area contributed by atoms with Gasteiger partial charge < -0.3 is 24.8 Å². The van der Waals surface area contributed by atoms with E-state index in [-0.39, 0.29) is 24.5 Å². The molecule has 1 fully saturated rings. The molecule has 1 aromatic carbocycles. The van der Waals surface area contributed by atoms with Crippen molar-refractivity contribution in [2.24, 2.45) is 7.05 Å². The minimum Gasteiger partial charge on any atom is -0.483 e. The molecule has 33 heavy (non-hydrogen) atoms. The molecule has 1 saturated heterocycles. The van der Waals surface area contributed by atoms with Gasteiger partial charge in [-0.2, -0.15) is 4.98 Å². The number of nitrogens with zero attached hydrogens (tertiary/aromatic N) is 4. The summed E-state index contributed by atoms with van der Waals surface area (Å²) in [4.78, 5) is 24.0. The molecule has 2 aliphatic rings. The van der Waals surface area contributed by atoms with Crippen LogP contribution in [0.1, 0.15) is 26.2 Å². The number of ether oxygens (including phenoxy) is 1. The summed E-state index contributed by atoms with van der Waals surface area (Å²) in [5, 5.41) is 7.50. The highest BCUT2D eigenvalue weighted by Gasteiger charge is 2.31. The van der Waals surface area contributed by atoms with Gasteiger partial charge in [0, 0.05) is 31.2 Å². The molecule has 1 unspecified atom stereocenters. The second kappa shape index (κ2) is 8.37. The lowest BCUT2D eigenvalue weighted by Crippen LogP contribution is -2.33. The summed E-state index contributed by atoms with van der Waals surface area (Å²) in [5.41, 5.74) is 0.00791. The number of anilines is 4. The first-order valence-electron chi connectivity index (χ1n) is 11.1. The molecule has 0 aliphatic carbocycles. The molecular weight excluding hydrogens is 447 g/mol. The van der Waals surface area contributed by atoms with Gasteiger partial charge in [0.1, 0.15) is 11.6 Å². The van der Waals surface area contributed by atoms with Crippen molar-refractivity contribution in [3.63, 3.8) is 0 Å². The van der Waals surface area contributed by atoms with Crippen LogP contribution in [0.5, 0.6) is 5.75 Å². The lowest BCUT2D eigenvalue weighted by atomic mass is 10.1. The maximum atomic E-state index is 14.6. The molecule has 3 aromatic rings. The van der Waals surface area contributed by atoms with E-state index in [0.29, 0.717) is 28.0 Å². The Morgan fingerprint density at radius 2 is 2.06 bits per heavy atom. The van der Waals surface area contributed by atoms with Crippen molar-refractivity contribution < 1.29 is 9.13 Å². The van der Waals surface area contributed by atoms with Gasteiger partial charge in [-0.3, -0.25) is 4.79 Å². The highest BCUT2D eigenvalue weighted by Crippen LogP contribution is 2.36. The zero-order valence-corrected chi connectivity index (χ0v) is 19.4. The summed E-state index contributed by atoms with van der Waals surface area (Å²) in [6, 6.07) is 5.56. The smallest absolute Gasteiger partial charge is 0.295 e. The van der Waals surface area contributed by atoms with Gasteiger partial charge in [0.05, 0.1) is 23.9 Å². The van der Waals surface area contributed by atoms with Gasteiger partial charge in [-0.15, -0.1) is 0 Å². The number of nitrogens with one attached hydrogen (secondary N) is 2. The van der Waals surface area contributed by atoms with Gasteiger partial charge in [0.25, 0.3) is 5.56 Å². The number of hydrogen-bond acceptors (Lipinski definition) is 7. The number of alkyl halides is 1. The molecule has 0 bridgehead atoms. The van der Waals surface area contributed by atoms with Gasteiger partial charge in [-0.05, 0) is 44.4 Å². The molecule has 10 heteroatoms. The monoisotopic (exact) mass is 472 g/mol. The fraction of sp³-hybridized carbons (Fsp3) is 0.435. The number of piperidine rings is 1. The second-order valence-electron chi connectivity index (χ2n) is 8.90. The van der Waals surface area contributed by atoms with Crippen LogP contribution in [0.4, 0.5) is 27.5 Å². The Morgan fingerprint density at radius 3 is 2.85 bits per heavy atom. The highest BCUT2D eigenvalue weighted by atomic mass is 35.5. The van der Waals surface area contributed by atoms with Crippen LogP contribution >= 0.6 is 11.6 Å². The van der Waals surface area contributed by atoms with E-state index < -0.39 is 5.67 Å². The topological polar surface area (TPSA) is 84.3 Å². The Kier molecular flexibility index (Phi) is 5.52. The summed E-state index contributed by atoms with van der Waals surface area (Å²) in [5.74, 6) is 1.27. The SMILES string of the molecule is Cn1c(=O)c2c(c3cc(Nc4nc(N5CCCCC5)ncc4Cl)ccc31)NCC(C)(F)CO2. The van der Waals surface area contributed by atoms with E-state index in [1.807, 2.05) is 18.2 Å². The number of fused-ring (bicyclic) bond motifs is 3. The van der Waals surface area contributed by atoms with E-state index in [0.717, 1.165) is 37.0 Å². The summed E-state index contributed by atoms with van der Waals surface area (Å²) in [6.07, 6.45) is 5.07. The van der Waals surface area contributed by atoms with Crippen molar-refractivity contribution >= 4 is 45.6 Å². The summed E-state index contributed by atoms with van der Waals surface area (Å²) in [6.45, 7) is 3.15. The third-order valence-electron chi connectivity index (χ3n) is 6.14. The first kappa shape index (κ1) is 21.8. The predicted octanol–water partition coefficient (Wildman–Crippen LogP) is 4.25. The molecule has 2 aliphatic heterocycles. The van der Waals surface area contributed by atoms with Crippen LogP contribution in [-0.2, 0) is 7.05 Å². The van der Waals surface area contributed by atoms with Gasteiger partial charge in [0.2, 0.25) is 11.7 Å². The van der Waals surface area contributed by atoms with Gasteiger partial charge >= 0.3 is 0 Å². The number of pyridine rings is 1. The summed E-state index contributed by atoms with van der Waals surface area (Å²) >= 11 is 6.39. The first-order valence-corrected chi connectivity index (χ1v) is 11.5. The van der Waals surface area contributed by atoms with Crippen molar-refractivity contribution in [2.75, 3.05) is 41.8 Å². The van der Waals surface area contributed by atoms with E-state index in [1.54, 1.807) is 13.2 Å². The van der Waals surface area contributed by atoms with Crippen molar-refractivity contribution in [2.45, 2.75) is 31.9 Å². The van der Waals surface area contributed by atoms with Crippen LogP contribution < -0.4 is 25.8 Å². The average Bonchev–Trinajstić information content (AvgIpc) is 2.98. The van der Waals surface area contributed by atoms with Crippen molar-refractivity contribution in [3.05, 3.63) is 39.8 Å². The Balaban J connectivity index is 1.53. The third-order valence-corrected chi connectivity index (χ3v) is 6.41. The van der Waals surface area contributed by atoms with Gasteiger partial charge in [-0.25, -0.2) is 9.37 Å². The number of benzene rings is 1. The second-order valence-corrected chi connectivity index (χ2v) is 9.30. The fourth-order valence-corrected chi connectivity index (χ4v) is 4.42. The predicted molar refractivity (Wildman–Crippen MR) is 129 cm³/mol. The molecular formula is C23H26ClFN6O2. The molecule has 0 amide bonds.